The molecule has 2 fully saturated rings. The second kappa shape index (κ2) is 8.21. The summed E-state index contributed by atoms with van der Waals surface area (Å²) in [6.07, 6.45) is 8.63. The maximum atomic E-state index is 13.2. The zero-order chi connectivity index (χ0) is 19.6. The second-order valence-electron chi connectivity index (χ2n) is 7.94. The SMILES string of the molecule is Cc1ccc(S(=O)(=O)N2CCC[C@H]2c2ccc(N3CCCCCC3)nc2)cc1. The summed E-state index contributed by atoms with van der Waals surface area (Å²) < 4.78 is 28.0. The number of benzene rings is 1. The quantitative estimate of drug-likeness (QED) is 0.769. The molecule has 1 atom stereocenters. The maximum absolute atomic E-state index is 13.2. The summed E-state index contributed by atoms with van der Waals surface area (Å²) in [5.41, 5.74) is 2.05. The molecule has 3 heterocycles. The Bertz CT molecular complexity index is 886. The van der Waals surface area contributed by atoms with Crippen LogP contribution in [0.5, 0.6) is 0 Å². The first-order valence-corrected chi connectivity index (χ1v) is 11.8. The highest BCUT2D eigenvalue weighted by Gasteiger charge is 2.36. The topological polar surface area (TPSA) is 53.5 Å². The molecule has 0 unspecified atom stereocenters. The van der Waals surface area contributed by atoms with Crippen molar-refractivity contribution < 1.29 is 8.42 Å². The molecule has 2 aliphatic heterocycles. The number of nitrogens with zero attached hydrogens (tertiary/aromatic N) is 3. The average Bonchev–Trinajstić information content (AvgIpc) is 3.05. The molecule has 0 saturated carbocycles. The number of hydrogen-bond acceptors (Lipinski definition) is 4. The fourth-order valence-electron chi connectivity index (χ4n) is 4.29. The van der Waals surface area contributed by atoms with Crippen molar-refractivity contribution >= 4 is 15.8 Å². The Balaban J connectivity index is 1.55. The zero-order valence-corrected chi connectivity index (χ0v) is 17.4. The van der Waals surface area contributed by atoms with Crippen molar-refractivity contribution in [2.24, 2.45) is 0 Å². The number of hydrogen-bond donors (Lipinski definition) is 0. The van der Waals surface area contributed by atoms with Crippen molar-refractivity contribution in [3.63, 3.8) is 0 Å². The van der Waals surface area contributed by atoms with Gasteiger partial charge in [-0.25, -0.2) is 13.4 Å². The van der Waals surface area contributed by atoms with Gasteiger partial charge in [0.25, 0.3) is 0 Å². The fraction of sp³-hybridized carbons (Fsp3) is 0.500. The molecule has 1 aromatic carbocycles. The summed E-state index contributed by atoms with van der Waals surface area (Å²) >= 11 is 0. The van der Waals surface area contributed by atoms with Crippen LogP contribution in [-0.4, -0.2) is 37.3 Å². The van der Waals surface area contributed by atoms with E-state index in [0.717, 1.165) is 42.9 Å². The normalized spacial score (nSPS) is 21.6. The lowest BCUT2D eigenvalue weighted by Gasteiger charge is -2.25. The van der Waals surface area contributed by atoms with Gasteiger partial charge in [0.1, 0.15) is 5.82 Å². The highest BCUT2D eigenvalue weighted by Crippen LogP contribution is 2.36. The van der Waals surface area contributed by atoms with Gasteiger partial charge in [0.2, 0.25) is 10.0 Å². The van der Waals surface area contributed by atoms with E-state index in [9.17, 15) is 8.42 Å². The van der Waals surface area contributed by atoms with Crippen molar-refractivity contribution in [3.8, 4) is 0 Å². The van der Waals surface area contributed by atoms with E-state index in [0.29, 0.717) is 11.4 Å². The number of rotatable bonds is 4. The summed E-state index contributed by atoms with van der Waals surface area (Å²) in [5, 5.41) is 0. The smallest absolute Gasteiger partial charge is 0.243 e. The van der Waals surface area contributed by atoms with E-state index in [1.807, 2.05) is 25.3 Å². The van der Waals surface area contributed by atoms with Crippen molar-refractivity contribution in [1.82, 2.24) is 9.29 Å². The molecule has 4 rings (SSSR count). The van der Waals surface area contributed by atoms with Crippen LogP contribution in [0, 0.1) is 6.92 Å². The van der Waals surface area contributed by atoms with E-state index in [4.69, 9.17) is 4.98 Å². The van der Waals surface area contributed by atoms with Crippen LogP contribution < -0.4 is 4.90 Å². The van der Waals surface area contributed by atoms with E-state index in [-0.39, 0.29) is 6.04 Å². The van der Waals surface area contributed by atoms with Crippen molar-refractivity contribution in [1.29, 1.82) is 0 Å². The molecule has 0 N–H and O–H groups in total. The molecule has 0 bridgehead atoms. The first-order valence-electron chi connectivity index (χ1n) is 10.3. The molecule has 28 heavy (non-hydrogen) atoms. The lowest BCUT2D eigenvalue weighted by atomic mass is 10.1. The summed E-state index contributed by atoms with van der Waals surface area (Å²) in [5.74, 6) is 1.01. The molecule has 150 valence electrons. The third-order valence-corrected chi connectivity index (χ3v) is 7.84. The lowest BCUT2D eigenvalue weighted by Crippen LogP contribution is -2.31. The molecule has 2 aromatic rings. The Labute approximate surface area is 168 Å². The molecule has 0 aliphatic carbocycles. The summed E-state index contributed by atoms with van der Waals surface area (Å²) in [7, 11) is -3.49. The Kier molecular flexibility index (Phi) is 5.69. The number of pyridine rings is 1. The first-order chi connectivity index (χ1) is 13.6. The molecule has 0 radical (unpaired) electrons. The predicted octanol–water partition coefficient (Wildman–Crippen LogP) is 4.30. The highest BCUT2D eigenvalue weighted by molar-refractivity contribution is 7.89. The Hall–Kier alpha value is -1.92. The maximum Gasteiger partial charge on any atom is 0.243 e. The van der Waals surface area contributed by atoms with E-state index in [1.54, 1.807) is 16.4 Å². The van der Waals surface area contributed by atoms with Gasteiger partial charge in [0.15, 0.2) is 0 Å². The third kappa shape index (κ3) is 3.94. The van der Waals surface area contributed by atoms with Gasteiger partial charge in [-0.15, -0.1) is 0 Å². The minimum absolute atomic E-state index is 0.128. The third-order valence-electron chi connectivity index (χ3n) is 5.92. The number of sulfonamides is 1. The van der Waals surface area contributed by atoms with Crippen molar-refractivity contribution in [2.45, 2.75) is 56.4 Å². The minimum atomic E-state index is -3.49. The molecule has 0 spiro atoms. The zero-order valence-electron chi connectivity index (χ0n) is 16.5. The van der Waals surface area contributed by atoms with Crippen LogP contribution in [-0.2, 0) is 10.0 Å². The van der Waals surface area contributed by atoms with Gasteiger partial charge in [0, 0.05) is 25.8 Å². The van der Waals surface area contributed by atoms with Crippen LogP contribution in [0.25, 0.3) is 0 Å². The predicted molar refractivity (Wildman–Crippen MR) is 112 cm³/mol. The number of anilines is 1. The summed E-state index contributed by atoms with van der Waals surface area (Å²) in [4.78, 5) is 7.42. The van der Waals surface area contributed by atoms with Gasteiger partial charge < -0.3 is 4.90 Å². The van der Waals surface area contributed by atoms with Crippen molar-refractivity contribution in [3.05, 3.63) is 53.7 Å². The molecule has 2 aliphatic rings. The van der Waals surface area contributed by atoms with Crippen LogP contribution in [0.15, 0.2) is 47.5 Å². The van der Waals surface area contributed by atoms with E-state index < -0.39 is 10.0 Å². The molecular formula is C22H29N3O2S. The van der Waals surface area contributed by atoms with Gasteiger partial charge in [-0.1, -0.05) is 36.6 Å². The number of aryl methyl sites for hydroxylation is 1. The highest BCUT2D eigenvalue weighted by atomic mass is 32.2. The van der Waals surface area contributed by atoms with Crippen LogP contribution in [0.2, 0.25) is 0 Å². The van der Waals surface area contributed by atoms with Gasteiger partial charge in [0.05, 0.1) is 10.9 Å². The number of aromatic nitrogens is 1. The first kappa shape index (κ1) is 19.4. The van der Waals surface area contributed by atoms with Crippen LogP contribution >= 0.6 is 0 Å². The Morgan fingerprint density at radius 1 is 0.893 bits per heavy atom. The molecule has 5 nitrogen and oxygen atoms in total. The molecule has 2 saturated heterocycles. The molecular weight excluding hydrogens is 370 g/mol. The van der Waals surface area contributed by atoms with Gasteiger partial charge >= 0.3 is 0 Å². The molecule has 6 heteroatoms. The average molecular weight is 400 g/mol. The standard InChI is InChI=1S/C22H29N3O2S/c1-18-8-11-20(12-9-18)28(26,27)25-16-6-7-21(25)19-10-13-22(23-17-19)24-14-4-2-3-5-15-24/h8-13,17,21H,2-7,14-16H2,1H3/t21-/m0/s1. The largest absolute Gasteiger partial charge is 0.357 e. The van der Waals surface area contributed by atoms with Crippen LogP contribution in [0.1, 0.15) is 55.7 Å². The van der Waals surface area contributed by atoms with Gasteiger partial charge in [-0.2, -0.15) is 4.31 Å². The minimum Gasteiger partial charge on any atom is -0.357 e. The van der Waals surface area contributed by atoms with Crippen LogP contribution in [0.3, 0.4) is 0 Å². The molecule has 1 aromatic heterocycles. The fourth-order valence-corrected chi connectivity index (χ4v) is 5.97. The summed E-state index contributed by atoms with van der Waals surface area (Å²) in [6.45, 7) is 4.65. The Morgan fingerprint density at radius 3 is 2.25 bits per heavy atom. The van der Waals surface area contributed by atoms with Gasteiger partial charge in [-0.05, 0) is 56.4 Å². The summed E-state index contributed by atoms with van der Waals surface area (Å²) in [6, 6.07) is 11.1. The lowest BCUT2D eigenvalue weighted by molar-refractivity contribution is 0.396. The van der Waals surface area contributed by atoms with E-state index >= 15 is 0 Å². The second-order valence-corrected chi connectivity index (χ2v) is 9.83. The van der Waals surface area contributed by atoms with Crippen molar-refractivity contribution in [2.75, 3.05) is 24.5 Å². The van der Waals surface area contributed by atoms with E-state index in [2.05, 4.69) is 17.0 Å². The van der Waals surface area contributed by atoms with E-state index in [1.165, 1.54) is 25.7 Å². The van der Waals surface area contributed by atoms with Gasteiger partial charge in [-0.3, -0.25) is 0 Å². The monoisotopic (exact) mass is 399 g/mol. The van der Waals surface area contributed by atoms with Crippen LogP contribution in [0.4, 0.5) is 5.82 Å². The Morgan fingerprint density at radius 2 is 1.61 bits per heavy atom. The molecule has 0 amide bonds.